The number of halogens is 1. The van der Waals surface area contributed by atoms with Crippen LogP contribution < -0.4 is 10.2 Å². The van der Waals surface area contributed by atoms with Gasteiger partial charge in [0.2, 0.25) is 5.95 Å². The SMILES string of the molecule is CNc1cnc2c(c1)CCN(c1ncc(Cl)c(-c3ncc(C)cc3C)n1)C2. The van der Waals surface area contributed by atoms with Crippen LogP contribution in [0.5, 0.6) is 0 Å². The van der Waals surface area contributed by atoms with E-state index in [0.717, 1.165) is 41.2 Å². The van der Waals surface area contributed by atoms with E-state index in [1.807, 2.05) is 33.3 Å². The first-order valence-electron chi connectivity index (χ1n) is 8.92. The van der Waals surface area contributed by atoms with Crippen molar-refractivity contribution < 1.29 is 0 Å². The molecule has 138 valence electrons. The summed E-state index contributed by atoms with van der Waals surface area (Å²) < 4.78 is 0. The summed E-state index contributed by atoms with van der Waals surface area (Å²) in [5.74, 6) is 0.654. The lowest BCUT2D eigenvalue weighted by molar-refractivity contribution is 0.690. The number of nitrogens with one attached hydrogen (secondary N) is 1. The lowest BCUT2D eigenvalue weighted by Gasteiger charge is -2.28. The molecule has 0 aliphatic carbocycles. The van der Waals surface area contributed by atoms with Crippen LogP contribution in [0.15, 0.2) is 30.7 Å². The molecule has 3 aromatic rings. The maximum absolute atomic E-state index is 6.39. The molecule has 0 aromatic carbocycles. The van der Waals surface area contributed by atoms with E-state index in [1.165, 1.54) is 5.56 Å². The average Bonchev–Trinajstić information content (AvgIpc) is 2.68. The molecule has 0 unspecified atom stereocenters. The van der Waals surface area contributed by atoms with Gasteiger partial charge in [-0.3, -0.25) is 9.97 Å². The zero-order chi connectivity index (χ0) is 19.0. The lowest BCUT2D eigenvalue weighted by Crippen LogP contribution is -2.32. The second kappa shape index (κ2) is 7.12. The molecule has 0 bridgehead atoms. The number of aromatic nitrogens is 4. The van der Waals surface area contributed by atoms with Gasteiger partial charge in [-0.05, 0) is 43.0 Å². The van der Waals surface area contributed by atoms with Crippen LogP contribution in [-0.4, -0.2) is 33.5 Å². The number of fused-ring (bicyclic) bond motifs is 1. The minimum atomic E-state index is 0.507. The summed E-state index contributed by atoms with van der Waals surface area (Å²) in [5, 5.41) is 3.65. The summed E-state index contributed by atoms with van der Waals surface area (Å²) in [7, 11) is 1.91. The van der Waals surface area contributed by atoms with Crippen LogP contribution in [0.1, 0.15) is 22.4 Å². The molecule has 1 aliphatic rings. The summed E-state index contributed by atoms with van der Waals surface area (Å²) in [6.45, 7) is 5.56. The Bertz CT molecular complexity index is 1000. The van der Waals surface area contributed by atoms with Gasteiger partial charge in [-0.25, -0.2) is 9.97 Å². The number of rotatable bonds is 3. The van der Waals surface area contributed by atoms with Gasteiger partial charge in [-0.2, -0.15) is 0 Å². The molecule has 1 N–H and O–H groups in total. The Morgan fingerprint density at radius 1 is 1.04 bits per heavy atom. The maximum atomic E-state index is 6.39. The van der Waals surface area contributed by atoms with Gasteiger partial charge in [0.05, 0.1) is 41.0 Å². The Labute approximate surface area is 163 Å². The molecular formula is C20H21ClN6. The molecule has 0 saturated carbocycles. The van der Waals surface area contributed by atoms with Crippen molar-refractivity contribution in [3.63, 3.8) is 0 Å². The molecule has 0 atom stereocenters. The second-order valence-electron chi connectivity index (χ2n) is 6.80. The van der Waals surface area contributed by atoms with Crippen molar-refractivity contribution in [3.05, 3.63) is 58.1 Å². The van der Waals surface area contributed by atoms with Crippen LogP contribution in [0.2, 0.25) is 5.02 Å². The second-order valence-corrected chi connectivity index (χ2v) is 7.20. The Morgan fingerprint density at radius 2 is 1.89 bits per heavy atom. The fraction of sp³-hybridized carbons (Fsp3) is 0.300. The predicted molar refractivity (Wildman–Crippen MR) is 108 cm³/mol. The number of hydrogen-bond acceptors (Lipinski definition) is 6. The van der Waals surface area contributed by atoms with Gasteiger partial charge in [0.15, 0.2) is 0 Å². The number of anilines is 2. The fourth-order valence-corrected chi connectivity index (χ4v) is 3.54. The van der Waals surface area contributed by atoms with E-state index in [4.69, 9.17) is 16.6 Å². The topological polar surface area (TPSA) is 66.8 Å². The number of pyridine rings is 2. The summed E-state index contributed by atoms with van der Waals surface area (Å²) >= 11 is 6.39. The van der Waals surface area contributed by atoms with Crippen molar-refractivity contribution in [2.75, 3.05) is 23.8 Å². The molecule has 4 heterocycles. The smallest absolute Gasteiger partial charge is 0.226 e. The molecule has 4 rings (SSSR count). The van der Waals surface area contributed by atoms with Gasteiger partial charge in [0, 0.05) is 19.8 Å². The molecule has 0 saturated heterocycles. The molecule has 0 spiro atoms. The zero-order valence-electron chi connectivity index (χ0n) is 15.6. The van der Waals surface area contributed by atoms with Crippen LogP contribution in [-0.2, 0) is 13.0 Å². The van der Waals surface area contributed by atoms with Gasteiger partial charge >= 0.3 is 0 Å². The summed E-state index contributed by atoms with van der Waals surface area (Å²) in [4.78, 5) is 20.5. The average molecular weight is 381 g/mol. The van der Waals surface area contributed by atoms with Gasteiger partial charge in [0.25, 0.3) is 0 Å². The van der Waals surface area contributed by atoms with Crippen molar-refractivity contribution in [3.8, 4) is 11.4 Å². The molecule has 3 aromatic heterocycles. The third kappa shape index (κ3) is 3.45. The highest BCUT2D eigenvalue weighted by Crippen LogP contribution is 2.30. The van der Waals surface area contributed by atoms with Crippen LogP contribution >= 0.6 is 11.6 Å². The van der Waals surface area contributed by atoms with E-state index >= 15 is 0 Å². The Kier molecular flexibility index (Phi) is 4.66. The standard InChI is InChI=1S/C20H21ClN6/c1-12-6-13(2)18(24-8-12)19-16(21)10-25-20(26-19)27-5-4-14-7-15(22-3)9-23-17(14)11-27/h6-10,22H,4-5,11H2,1-3H3. The predicted octanol–water partition coefficient (Wildman–Crippen LogP) is 3.81. The molecular weight excluding hydrogens is 360 g/mol. The zero-order valence-corrected chi connectivity index (χ0v) is 16.4. The van der Waals surface area contributed by atoms with Gasteiger partial charge in [0.1, 0.15) is 5.69 Å². The molecule has 27 heavy (non-hydrogen) atoms. The quantitative estimate of drug-likeness (QED) is 0.745. The maximum Gasteiger partial charge on any atom is 0.226 e. The lowest BCUT2D eigenvalue weighted by atomic mass is 10.0. The van der Waals surface area contributed by atoms with Crippen molar-refractivity contribution in [2.45, 2.75) is 26.8 Å². The van der Waals surface area contributed by atoms with E-state index in [-0.39, 0.29) is 0 Å². The first kappa shape index (κ1) is 17.7. The van der Waals surface area contributed by atoms with E-state index in [2.05, 4.69) is 37.3 Å². The van der Waals surface area contributed by atoms with E-state index < -0.39 is 0 Å². The monoisotopic (exact) mass is 380 g/mol. The third-order valence-electron chi connectivity index (χ3n) is 4.79. The summed E-state index contributed by atoms with van der Waals surface area (Å²) in [5.41, 5.74) is 6.99. The van der Waals surface area contributed by atoms with Crippen LogP contribution in [0.3, 0.4) is 0 Å². The number of nitrogens with zero attached hydrogens (tertiary/aromatic N) is 5. The van der Waals surface area contributed by atoms with Gasteiger partial charge < -0.3 is 10.2 Å². The molecule has 1 aliphatic heterocycles. The van der Waals surface area contributed by atoms with E-state index in [9.17, 15) is 0 Å². The Hall–Kier alpha value is -2.73. The highest BCUT2D eigenvalue weighted by Gasteiger charge is 2.21. The van der Waals surface area contributed by atoms with Gasteiger partial charge in [-0.1, -0.05) is 17.7 Å². The third-order valence-corrected chi connectivity index (χ3v) is 5.07. The number of aryl methyl sites for hydroxylation is 2. The fourth-order valence-electron chi connectivity index (χ4n) is 3.36. The molecule has 6 nitrogen and oxygen atoms in total. The van der Waals surface area contributed by atoms with Crippen LogP contribution in [0.25, 0.3) is 11.4 Å². The molecule has 7 heteroatoms. The number of hydrogen-bond donors (Lipinski definition) is 1. The summed E-state index contributed by atoms with van der Waals surface area (Å²) in [6, 6.07) is 4.24. The minimum Gasteiger partial charge on any atom is -0.387 e. The first-order chi connectivity index (χ1) is 13.0. The van der Waals surface area contributed by atoms with Crippen molar-refractivity contribution in [2.24, 2.45) is 0 Å². The molecule has 0 fully saturated rings. The normalized spacial score (nSPS) is 13.4. The van der Waals surface area contributed by atoms with E-state index in [0.29, 0.717) is 23.2 Å². The van der Waals surface area contributed by atoms with Crippen molar-refractivity contribution in [1.82, 2.24) is 19.9 Å². The van der Waals surface area contributed by atoms with Crippen molar-refractivity contribution in [1.29, 1.82) is 0 Å². The Balaban J connectivity index is 1.67. The van der Waals surface area contributed by atoms with Crippen LogP contribution in [0, 0.1) is 13.8 Å². The van der Waals surface area contributed by atoms with Gasteiger partial charge in [-0.15, -0.1) is 0 Å². The largest absolute Gasteiger partial charge is 0.387 e. The highest BCUT2D eigenvalue weighted by atomic mass is 35.5. The van der Waals surface area contributed by atoms with E-state index in [1.54, 1.807) is 6.20 Å². The first-order valence-corrected chi connectivity index (χ1v) is 9.29. The Morgan fingerprint density at radius 3 is 2.67 bits per heavy atom. The van der Waals surface area contributed by atoms with Crippen molar-refractivity contribution >= 4 is 23.2 Å². The highest BCUT2D eigenvalue weighted by molar-refractivity contribution is 6.32. The summed E-state index contributed by atoms with van der Waals surface area (Å²) in [6.07, 6.45) is 6.26. The minimum absolute atomic E-state index is 0.507. The molecule has 0 radical (unpaired) electrons. The van der Waals surface area contributed by atoms with Crippen LogP contribution in [0.4, 0.5) is 11.6 Å². The molecule has 0 amide bonds.